The lowest BCUT2D eigenvalue weighted by Gasteiger charge is -2.30. The molecule has 0 aliphatic carbocycles. The van der Waals surface area contributed by atoms with Crippen LogP contribution in [0.25, 0.3) is 11.0 Å². The summed E-state index contributed by atoms with van der Waals surface area (Å²) in [4.78, 5) is 19.2. The van der Waals surface area contributed by atoms with E-state index in [2.05, 4.69) is 9.97 Å². The lowest BCUT2D eigenvalue weighted by atomic mass is 9.89. The highest BCUT2D eigenvalue weighted by molar-refractivity contribution is 6.33. The normalized spacial score (nSPS) is 13.4. The molecule has 108 valence electrons. The molecule has 1 atom stereocenters. The highest BCUT2D eigenvalue weighted by atomic mass is 35.5. The molecule has 0 saturated carbocycles. The van der Waals surface area contributed by atoms with Crippen LogP contribution in [0.3, 0.4) is 0 Å². The second-order valence-electron chi connectivity index (χ2n) is 5.66. The summed E-state index contributed by atoms with van der Waals surface area (Å²) >= 11 is 6.10. The minimum Gasteiger partial charge on any atom is -0.444 e. The first-order valence-electron chi connectivity index (χ1n) is 6.20. The van der Waals surface area contributed by atoms with Crippen LogP contribution in [-0.4, -0.2) is 26.7 Å². The summed E-state index contributed by atoms with van der Waals surface area (Å²) in [5.41, 5.74) is 6.35. The molecule has 0 aliphatic heterocycles. The van der Waals surface area contributed by atoms with E-state index in [1.165, 1.54) is 6.33 Å². The number of halogens is 1. The van der Waals surface area contributed by atoms with Crippen LogP contribution in [0.2, 0.25) is 5.15 Å². The fourth-order valence-electron chi connectivity index (χ4n) is 1.95. The SMILES string of the molecule is CC(C)(C)C(Cn1ccc2ncnc(Cl)c21)OC(N)=O. The maximum Gasteiger partial charge on any atom is 0.404 e. The Morgan fingerprint density at radius 1 is 1.50 bits per heavy atom. The molecule has 0 fully saturated rings. The summed E-state index contributed by atoms with van der Waals surface area (Å²) in [6.07, 6.45) is 2.08. The maximum absolute atomic E-state index is 11.1. The third kappa shape index (κ3) is 3.01. The maximum atomic E-state index is 11.1. The van der Waals surface area contributed by atoms with Crippen molar-refractivity contribution in [3.63, 3.8) is 0 Å². The molecule has 2 heterocycles. The number of ether oxygens (including phenoxy) is 1. The zero-order chi connectivity index (χ0) is 14.9. The molecular weight excluding hydrogens is 280 g/mol. The van der Waals surface area contributed by atoms with E-state index >= 15 is 0 Å². The van der Waals surface area contributed by atoms with Crippen molar-refractivity contribution >= 4 is 28.7 Å². The molecule has 7 heteroatoms. The molecule has 0 saturated heterocycles. The monoisotopic (exact) mass is 296 g/mol. The van der Waals surface area contributed by atoms with E-state index in [0.717, 1.165) is 11.0 Å². The molecule has 2 N–H and O–H groups in total. The first-order chi connectivity index (χ1) is 9.29. The molecular formula is C13H17ClN4O2. The van der Waals surface area contributed by atoms with Gasteiger partial charge < -0.3 is 15.0 Å². The smallest absolute Gasteiger partial charge is 0.404 e. The number of nitrogens with two attached hydrogens (primary N) is 1. The van der Waals surface area contributed by atoms with Crippen LogP contribution >= 0.6 is 11.6 Å². The van der Waals surface area contributed by atoms with E-state index in [0.29, 0.717) is 11.7 Å². The Morgan fingerprint density at radius 3 is 2.80 bits per heavy atom. The first kappa shape index (κ1) is 14.6. The predicted molar refractivity (Wildman–Crippen MR) is 76.4 cm³/mol. The van der Waals surface area contributed by atoms with Gasteiger partial charge in [-0.25, -0.2) is 14.8 Å². The largest absolute Gasteiger partial charge is 0.444 e. The number of primary amides is 1. The number of rotatable bonds is 3. The lowest BCUT2D eigenvalue weighted by molar-refractivity contribution is 0.0264. The van der Waals surface area contributed by atoms with Crippen molar-refractivity contribution in [1.29, 1.82) is 0 Å². The second kappa shape index (κ2) is 5.28. The van der Waals surface area contributed by atoms with E-state index in [1.807, 2.05) is 37.6 Å². The Kier molecular flexibility index (Phi) is 3.85. The second-order valence-corrected chi connectivity index (χ2v) is 6.02. The average Bonchev–Trinajstić information content (AvgIpc) is 2.71. The fourth-order valence-corrected chi connectivity index (χ4v) is 2.20. The van der Waals surface area contributed by atoms with Gasteiger partial charge in [0.25, 0.3) is 0 Å². The van der Waals surface area contributed by atoms with Crippen LogP contribution < -0.4 is 5.73 Å². The summed E-state index contributed by atoms with van der Waals surface area (Å²) in [7, 11) is 0. The van der Waals surface area contributed by atoms with E-state index in [1.54, 1.807) is 0 Å². The van der Waals surface area contributed by atoms with Crippen LogP contribution in [0.1, 0.15) is 20.8 Å². The number of amides is 1. The van der Waals surface area contributed by atoms with Crippen molar-refractivity contribution in [2.75, 3.05) is 0 Å². The molecule has 0 aliphatic rings. The summed E-state index contributed by atoms with van der Waals surface area (Å²) < 4.78 is 7.08. The van der Waals surface area contributed by atoms with Gasteiger partial charge in [0, 0.05) is 11.6 Å². The van der Waals surface area contributed by atoms with Gasteiger partial charge in [0.15, 0.2) is 5.15 Å². The van der Waals surface area contributed by atoms with E-state index in [4.69, 9.17) is 22.1 Å². The first-order valence-corrected chi connectivity index (χ1v) is 6.58. The Morgan fingerprint density at radius 2 is 2.20 bits per heavy atom. The molecule has 2 rings (SSSR count). The van der Waals surface area contributed by atoms with Crippen LogP contribution in [0.15, 0.2) is 18.6 Å². The predicted octanol–water partition coefficient (Wildman–Crippen LogP) is 2.59. The van der Waals surface area contributed by atoms with Gasteiger partial charge in [-0.2, -0.15) is 0 Å². The van der Waals surface area contributed by atoms with Gasteiger partial charge in [0.05, 0.1) is 12.1 Å². The van der Waals surface area contributed by atoms with Gasteiger partial charge in [-0.15, -0.1) is 0 Å². The summed E-state index contributed by atoms with van der Waals surface area (Å²) in [5, 5.41) is 0.367. The fraction of sp³-hybridized carbons (Fsp3) is 0.462. The van der Waals surface area contributed by atoms with Crippen LogP contribution in [0.5, 0.6) is 0 Å². The van der Waals surface area contributed by atoms with Crippen molar-refractivity contribution in [1.82, 2.24) is 14.5 Å². The zero-order valence-electron chi connectivity index (χ0n) is 11.6. The van der Waals surface area contributed by atoms with E-state index in [9.17, 15) is 4.79 Å². The van der Waals surface area contributed by atoms with Crippen molar-refractivity contribution in [2.45, 2.75) is 33.4 Å². The molecule has 0 spiro atoms. The van der Waals surface area contributed by atoms with Gasteiger partial charge in [-0.05, 0) is 6.07 Å². The topological polar surface area (TPSA) is 83.0 Å². The standard InChI is InChI=1S/C13H17ClN4O2/c1-13(2,3)9(20-12(15)19)6-18-5-4-8-10(18)11(14)17-7-16-8/h4-5,7,9H,6H2,1-3H3,(H2,15,19). The summed E-state index contributed by atoms with van der Waals surface area (Å²) in [5.74, 6) is 0. The van der Waals surface area contributed by atoms with Crippen LogP contribution in [0.4, 0.5) is 4.79 Å². The van der Waals surface area contributed by atoms with Gasteiger partial charge in [-0.1, -0.05) is 32.4 Å². The van der Waals surface area contributed by atoms with Crippen molar-refractivity contribution in [3.05, 3.63) is 23.7 Å². The summed E-state index contributed by atoms with van der Waals surface area (Å²) in [6.45, 7) is 6.36. The van der Waals surface area contributed by atoms with Gasteiger partial charge in [0.1, 0.15) is 17.9 Å². The number of aromatic nitrogens is 3. The molecule has 0 bridgehead atoms. The highest BCUT2D eigenvalue weighted by Crippen LogP contribution is 2.27. The molecule has 20 heavy (non-hydrogen) atoms. The Balaban J connectivity index is 2.36. The Bertz CT molecular complexity index is 633. The number of carbonyl (C=O) groups excluding carboxylic acids is 1. The molecule has 2 aromatic heterocycles. The van der Waals surface area contributed by atoms with E-state index < -0.39 is 6.09 Å². The minimum absolute atomic E-state index is 0.256. The van der Waals surface area contributed by atoms with Gasteiger partial charge >= 0.3 is 6.09 Å². The molecule has 1 unspecified atom stereocenters. The van der Waals surface area contributed by atoms with Crippen LogP contribution in [-0.2, 0) is 11.3 Å². The lowest BCUT2D eigenvalue weighted by Crippen LogP contribution is -2.37. The Labute approximate surface area is 121 Å². The number of hydrogen-bond acceptors (Lipinski definition) is 4. The number of hydrogen-bond donors (Lipinski definition) is 1. The molecule has 2 aromatic rings. The quantitative estimate of drug-likeness (QED) is 0.882. The third-order valence-corrected chi connectivity index (χ3v) is 3.37. The van der Waals surface area contributed by atoms with Crippen LogP contribution in [0, 0.1) is 5.41 Å². The van der Waals surface area contributed by atoms with Gasteiger partial charge in [0.2, 0.25) is 0 Å². The molecule has 0 aromatic carbocycles. The molecule has 6 nitrogen and oxygen atoms in total. The van der Waals surface area contributed by atoms with Crippen molar-refractivity contribution < 1.29 is 9.53 Å². The Hall–Kier alpha value is -1.82. The van der Waals surface area contributed by atoms with Crippen molar-refractivity contribution in [3.8, 4) is 0 Å². The number of fused-ring (bicyclic) bond motifs is 1. The molecule has 1 amide bonds. The van der Waals surface area contributed by atoms with Crippen molar-refractivity contribution in [2.24, 2.45) is 11.1 Å². The summed E-state index contributed by atoms with van der Waals surface area (Å²) in [6, 6.07) is 1.84. The van der Waals surface area contributed by atoms with E-state index in [-0.39, 0.29) is 11.5 Å². The number of nitrogens with zero attached hydrogens (tertiary/aromatic N) is 3. The third-order valence-electron chi connectivity index (χ3n) is 3.09. The highest BCUT2D eigenvalue weighted by Gasteiger charge is 2.28. The number of carbonyl (C=O) groups is 1. The van der Waals surface area contributed by atoms with Gasteiger partial charge in [-0.3, -0.25) is 0 Å². The minimum atomic E-state index is -0.788. The average molecular weight is 297 g/mol. The zero-order valence-corrected chi connectivity index (χ0v) is 12.4. The molecule has 0 radical (unpaired) electrons.